The van der Waals surface area contributed by atoms with Crippen LogP contribution in [0.4, 0.5) is 0 Å². The Balaban J connectivity index is 2.31. The van der Waals surface area contributed by atoms with Crippen LogP contribution in [-0.2, 0) is 0 Å². The first-order valence-corrected chi connectivity index (χ1v) is 4.72. The van der Waals surface area contributed by atoms with E-state index in [1.165, 1.54) is 0 Å². The first-order valence-electron chi connectivity index (χ1n) is 4.72. The Morgan fingerprint density at radius 2 is 2.00 bits per heavy atom. The topological polar surface area (TPSA) is 41.6 Å². The molecule has 72 valence electrons. The Morgan fingerprint density at radius 1 is 1.14 bits per heavy atom. The van der Waals surface area contributed by atoms with Gasteiger partial charge in [0.05, 0.1) is 6.20 Å². The normalized spacial score (nSPS) is 10.8. The van der Waals surface area contributed by atoms with Crippen LogP contribution in [0.15, 0.2) is 30.7 Å². The van der Waals surface area contributed by atoms with Crippen molar-refractivity contribution in [3.63, 3.8) is 0 Å². The summed E-state index contributed by atoms with van der Waals surface area (Å²) in [5.74, 6) is 0.480. The monoisotopic (exact) mass is 187 g/mol. The predicted molar refractivity (Wildman–Crippen MR) is 55.9 cm³/mol. The third kappa shape index (κ3) is 1.66. The van der Waals surface area contributed by atoms with Gasteiger partial charge < -0.3 is 0 Å². The molecule has 2 rings (SSSR count). The fraction of sp³-hybridized carbons (Fsp3) is 0.273. The van der Waals surface area contributed by atoms with Crippen molar-refractivity contribution >= 4 is 0 Å². The van der Waals surface area contributed by atoms with Crippen LogP contribution < -0.4 is 0 Å². The van der Waals surface area contributed by atoms with E-state index in [0.717, 1.165) is 16.8 Å². The lowest BCUT2D eigenvalue weighted by Crippen LogP contribution is -1.91. The van der Waals surface area contributed by atoms with Gasteiger partial charge in [0.15, 0.2) is 0 Å². The number of aromatic nitrogens is 3. The van der Waals surface area contributed by atoms with Crippen molar-refractivity contribution in [2.45, 2.75) is 19.8 Å². The van der Waals surface area contributed by atoms with E-state index in [-0.39, 0.29) is 0 Å². The van der Waals surface area contributed by atoms with E-state index in [0.29, 0.717) is 5.92 Å². The van der Waals surface area contributed by atoms with E-state index >= 15 is 0 Å². The molecule has 0 aliphatic rings. The second-order valence-corrected chi connectivity index (χ2v) is 3.61. The van der Waals surface area contributed by atoms with Crippen LogP contribution in [0, 0.1) is 0 Å². The summed E-state index contributed by atoms with van der Waals surface area (Å²) >= 11 is 0. The highest BCUT2D eigenvalue weighted by Crippen LogP contribution is 2.18. The molecule has 0 fully saturated rings. The average Bonchev–Trinajstić information content (AvgIpc) is 2.71. The number of pyridine rings is 1. The van der Waals surface area contributed by atoms with Crippen molar-refractivity contribution < 1.29 is 0 Å². The predicted octanol–water partition coefficient (Wildman–Crippen LogP) is 2.60. The van der Waals surface area contributed by atoms with Crippen LogP contribution in [-0.4, -0.2) is 15.2 Å². The Kier molecular flexibility index (Phi) is 2.31. The van der Waals surface area contributed by atoms with Gasteiger partial charge >= 0.3 is 0 Å². The lowest BCUT2D eigenvalue weighted by molar-refractivity contribution is 0.823. The summed E-state index contributed by atoms with van der Waals surface area (Å²) in [6.45, 7) is 4.28. The summed E-state index contributed by atoms with van der Waals surface area (Å²) in [7, 11) is 0. The summed E-state index contributed by atoms with van der Waals surface area (Å²) in [5.41, 5.74) is 3.30. The average molecular weight is 187 g/mol. The van der Waals surface area contributed by atoms with Crippen LogP contribution in [0.1, 0.15) is 25.5 Å². The molecule has 3 nitrogen and oxygen atoms in total. The van der Waals surface area contributed by atoms with Gasteiger partial charge in [-0.2, -0.15) is 5.10 Å². The van der Waals surface area contributed by atoms with Gasteiger partial charge in [-0.3, -0.25) is 10.1 Å². The molecule has 3 heteroatoms. The second-order valence-electron chi connectivity index (χ2n) is 3.61. The van der Waals surface area contributed by atoms with Crippen molar-refractivity contribution in [2.75, 3.05) is 0 Å². The van der Waals surface area contributed by atoms with E-state index in [9.17, 15) is 0 Å². The lowest BCUT2D eigenvalue weighted by Gasteiger charge is -2.04. The quantitative estimate of drug-likeness (QED) is 0.785. The van der Waals surface area contributed by atoms with Gasteiger partial charge in [0, 0.05) is 29.2 Å². The molecule has 0 amide bonds. The molecule has 0 aliphatic heterocycles. The number of nitrogens with one attached hydrogen (secondary N) is 1. The molecule has 0 unspecified atom stereocenters. The molecule has 1 N–H and O–H groups in total. The second kappa shape index (κ2) is 3.62. The molecular weight excluding hydrogens is 174 g/mol. The number of rotatable bonds is 2. The molecule has 0 saturated carbocycles. The van der Waals surface area contributed by atoms with Gasteiger partial charge in [0.1, 0.15) is 0 Å². The minimum Gasteiger partial charge on any atom is -0.285 e. The van der Waals surface area contributed by atoms with Gasteiger partial charge in [0.2, 0.25) is 0 Å². The highest BCUT2D eigenvalue weighted by molar-refractivity contribution is 5.60. The Morgan fingerprint density at radius 3 is 2.50 bits per heavy atom. The Bertz CT molecular complexity index is 387. The van der Waals surface area contributed by atoms with Crippen LogP contribution in [0.3, 0.4) is 0 Å². The molecule has 0 saturated heterocycles. The molecule has 0 aliphatic carbocycles. The summed E-state index contributed by atoms with van der Waals surface area (Å²) in [4.78, 5) is 4.39. The highest BCUT2D eigenvalue weighted by Gasteiger charge is 2.02. The van der Waals surface area contributed by atoms with Gasteiger partial charge in [-0.25, -0.2) is 0 Å². The molecule has 2 heterocycles. The molecule has 2 aromatic rings. The van der Waals surface area contributed by atoms with Crippen molar-refractivity contribution in [2.24, 2.45) is 0 Å². The summed E-state index contributed by atoms with van der Waals surface area (Å²) in [5, 5.41) is 6.69. The van der Waals surface area contributed by atoms with Crippen molar-refractivity contribution in [3.05, 3.63) is 36.4 Å². The third-order valence-electron chi connectivity index (χ3n) is 2.21. The molecule has 0 bridgehead atoms. The standard InChI is InChI=1S/C11H13N3/c1-8(2)11-4-3-9(5-12-11)10-6-13-14-7-10/h3-8H,1-2H3,(H,13,14). The van der Waals surface area contributed by atoms with Crippen LogP contribution in [0.2, 0.25) is 0 Å². The summed E-state index contributed by atoms with van der Waals surface area (Å²) in [6, 6.07) is 4.14. The fourth-order valence-corrected chi connectivity index (χ4v) is 1.33. The molecule has 0 radical (unpaired) electrons. The first-order chi connectivity index (χ1) is 6.77. The first kappa shape index (κ1) is 8.94. The summed E-state index contributed by atoms with van der Waals surface area (Å²) < 4.78 is 0. The number of aromatic amines is 1. The molecule has 0 atom stereocenters. The number of nitrogens with zero attached hydrogens (tertiary/aromatic N) is 2. The minimum absolute atomic E-state index is 0.480. The number of hydrogen-bond acceptors (Lipinski definition) is 2. The van der Waals surface area contributed by atoms with Crippen molar-refractivity contribution in [1.29, 1.82) is 0 Å². The maximum absolute atomic E-state index is 4.39. The van der Waals surface area contributed by atoms with Crippen LogP contribution >= 0.6 is 0 Å². The SMILES string of the molecule is CC(C)c1ccc(-c2cn[nH]c2)cn1. The Labute approximate surface area is 83.2 Å². The van der Waals surface area contributed by atoms with Crippen molar-refractivity contribution in [3.8, 4) is 11.1 Å². The fourth-order valence-electron chi connectivity index (χ4n) is 1.33. The van der Waals surface area contributed by atoms with Crippen LogP contribution in [0.25, 0.3) is 11.1 Å². The molecule has 14 heavy (non-hydrogen) atoms. The third-order valence-corrected chi connectivity index (χ3v) is 2.21. The van der Waals surface area contributed by atoms with E-state index in [2.05, 4.69) is 41.2 Å². The van der Waals surface area contributed by atoms with Crippen LogP contribution in [0.5, 0.6) is 0 Å². The zero-order chi connectivity index (χ0) is 9.97. The lowest BCUT2D eigenvalue weighted by atomic mass is 10.1. The highest BCUT2D eigenvalue weighted by atomic mass is 15.1. The van der Waals surface area contributed by atoms with Gasteiger partial charge in [-0.1, -0.05) is 19.9 Å². The van der Waals surface area contributed by atoms with Gasteiger partial charge in [-0.05, 0) is 12.0 Å². The molecular formula is C11H13N3. The van der Waals surface area contributed by atoms with E-state index < -0.39 is 0 Å². The minimum atomic E-state index is 0.480. The number of H-pyrrole nitrogens is 1. The molecule has 0 aromatic carbocycles. The molecule has 2 aromatic heterocycles. The van der Waals surface area contributed by atoms with Gasteiger partial charge in [-0.15, -0.1) is 0 Å². The summed E-state index contributed by atoms with van der Waals surface area (Å²) in [6.07, 6.45) is 5.55. The van der Waals surface area contributed by atoms with E-state index in [4.69, 9.17) is 0 Å². The smallest absolute Gasteiger partial charge is 0.0566 e. The molecule has 0 spiro atoms. The van der Waals surface area contributed by atoms with Crippen molar-refractivity contribution in [1.82, 2.24) is 15.2 Å². The number of hydrogen-bond donors (Lipinski definition) is 1. The van der Waals surface area contributed by atoms with E-state index in [1.807, 2.05) is 12.4 Å². The largest absolute Gasteiger partial charge is 0.285 e. The maximum atomic E-state index is 4.39. The van der Waals surface area contributed by atoms with E-state index in [1.54, 1.807) is 6.20 Å². The maximum Gasteiger partial charge on any atom is 0.0566 e. The van der Waals surface area contributed by atoms with Gasteiger partial charge in [0.25, 0.3) is 0 Å². The zero-order valence-corrected chi connectivity index (χ0v) is 8.36. The zero-order valence-electron chi connectivity index (χ0n) is 8.36. The Hall–Kier alpha value is -1.64.